The van der Waals surface area contributed by atoms with Gasteiger partial charge in [0.2, 0.25) is 10.0 Å². The molecule has 8 nitrogen and oxygen atoms in total. The smallest absolute Gasteiger partial charge is 0.240 e. The minimum absolute atomic E-state index is 0.203. The van der Waals surface area contributed by atoms with Gasteiger partial charge < -0.3 is 4.90 Å². The summed E-state index contributed by atoms with van der Waals surface area (Å²) in [7, 11) is -3.60. The maximum Gasteiger partial charge on any atom is 0.240 e. The van der Waals surface area contributed by atoms with Crippen molar-refractivity contribution in [3.63, 3.8) is 0 Å². The van der Waals surface area contributed by atoms with Gasteiger partial charge in [0.05, 0.1) is 16.5 Å². The number of nitrogens with zero attached hydrogens (tertiary/aromatic N) is 5. The minimum Gasteiger partial charge on any atom is -0.302 e. The number of hydrogen-bond acceptors (Lipinski definition) is 5. The van der Waals surface area contributed by atoms with Gasteiger partial charge in [0.15, 0.2) is 0 Å². The Kier molecular flexibility index (Phi) is 7.44. The zero-order valence-corrected chi connectivity index (χ0v) is 17.4. The molecule has 0 aromatic heterocycles. The first kappa shape index (κ1) is 21.8. The van der Waals surface area contributed by atoms with Crippen LogP contribution in [0.5, 0.6) is 0 Å². The van der Waals surface area contributed by atoms with Crippen molar-refractivity contribution >= 4 is 10.0 Å². The molecule has 1 heterocycles. The van der Waals surface area contributed by atoms with Crippen molar-refractivity contribution in [2.45, 2.75) is 17.7 Å². The highest BCUT2D eigenvalue weighted by Crippen LogP contribution is 2.24. The molecule has 0 radical (unpaired) electrons. The van der Waals surface area contributed by atoms with Crippen molar-refractivity contribution in [1.82, 2.24) is 9.62 Å². The van der Waals surface area contributed by atoms with Gasteiger partial charge in [-0.2, -0.15) is 5.26 Å². The second-order valence-electron chi connectivity index (χ2n) is 7.28. The second-order valence-corrected chi connectivity index (χ2v) is 9.04. The molecule has 1 N–H and O–H groups in total. The number of nitriles is 1. The van der Waals surface area contributed by atoms with Crippen molar-refractivity contribution in [2.75, 3.05) is 32.7 Å². The van der Waals surface area contributed by atoms with E-state index >= 15 is 0 Å². The van der Waals surface area contributed by atoms with Crippen molar-refractivity contribution in [2.24, 2.45) is 11.0 Å². The molecule has 1 aliphatic heterocycles. The molecule has 30 heavy (non-hydrogen) atoms. The van der Waals surface area contributed by atoms with Gasteiger partial charge >= 0.3 is 0 Å². The number of nitrogens with one attached hydrogen (secondary N) is 1. The minimum atomic E-state index is -3.60. The topological polar surface area (TPSA) is 122 Å². The van der Waals surface area contributed by atoms with E-state index in [1.807, 2.05) is 12.1 Å². The van der Waals surface area contributed by atoms with Gasteiger partial charge in [-0.15, -0.1) is 0 Å². The van der Waals surface area contributed by atoms with Crippen LogP contribution in [0.4, 0.5) is 0 Å². The maximum atomic E-state index is 12.6. The number of sulfonamides is 1. The largest absolute Gasteiger partial charge is 0.302 e. The van der Waals surface area contributed by atoms with E-state index in [2.05, 4.69) is 25.7 Å². The van der Waals surface area contributed by atoms with E-state index in [-0.39, 0.29) is 4.90 Å². The summed E-state index contributed by atoms with van der Waals surface area (Å²) in [5, 5.41) is 12.9. The number of piperidine rings is 1. The molecular weight excluding hydrogens is 400 g/mol. The van der Waals surface area contributed by atoms with Crippen LogP contribution < -0.4 is 4.72 Å². The van der Waals surface area contributed by atoms with E-state index in [0.29, 0.717) is 31.1 Å². The first-order chi connectivity index (χ1) is 14.5. The summed E-state index contributed by atoms with van der Waals surface area (Å²) in [6, 6.07) is 16.0. The van der Waals surface area contributed by atoms with Crippen molar-refractivity contribution < 1.29 is 8.42 Å². The summed E-state index contributed by atoms with van der Waals surface area (Å²) < 4.78 is 27.8. The fraction of sp³-hybridized carbons (Fsp3) is 0.381. The molecule has 1 aliphatic rings. The molecule has 9 heteroatoms. The molecule has 0 saturated carbocycles. The second kappa shape index (κ2) is 10.2. The van der Waals surface area contributed by atoms with E-state index in [4.69, 9.17) is 5.53 Å². The Hall–Kier alpha value is -2.89. The Morgan fingerprint density at radius 2 is 1.87 bits per heavy atom. The summed E-state index contributed by atoms with van der Waals surface area (Å²) >= 11 is 0. The van der Waals surface area contributed by atoms with Crippen LogP contribution in [0.2, 0.25) is 0 Å². The molecule has 2 aromatic rings. The number of azide groups is 1. The van der Waals surface area contributed by atoms with Gasteiger partial charge in [-0.1, -0.05) is 35.4 Å². The SMILES string of the molecule is N#Cc1ccccc1-c1ccc(S(=O)(=O)NCCN2CCC(CN=[N+]=[N-])CC2)cc1. The Balaban J connectivity index is 1.54. The number of rotatable bonds is 8. The van der Waals surface area contributed by atoms with Gasteiger partial charge in [0.25, 0.3) is 0 Å². The molecule has 0 spiro atoms. The highest BCUT2D eigenvalue weighted by molar-refractivity contribution is 7.89. The van der Waals surface area contributed by atoms with Gasteiger partial charge in [0, 0.05) is 24.5 Å². The first-order valence-electron chi connectivity index (χ1n) is 9.86. The molecule has 2 aromatic carbocycles. The summed E-state index contributed by atoms with van der Waals surface area (Å²) in [4.78, 5) is 5.23. The highest BCUT2D eigenvalue weighted by Gasteiger charge is 2.19. The quantitative estimate of drug-likeness (QED) is 0.396. The fourth-order valence-corrected chi connectivity index (χ4v) is 4.63. The predicted octanol–water partition coefficient (Wildman–Crippen LogP) is 3.53. The van der Waals surface area contributed by atoms with Crippen LogP contribution in [0.1, 0.15) is 18.4 Å². The Bertz CT molecular complexity index is 1050. The lowest BCUT2D eigenvalue weighted by Gasteiger charge is -2.31. The fourth-order valence-electron chi connectivity index (χ4n) is 3.61. The number of hydrogen-bond donors (Lipinski definition) is 1. The number of benzene rings is 2. The standard InChI is InChI=1S/C21H24N6O2S/c22-15-19-3-1-2-4-21(19)18-5-7-20(8-6-18)30(28,29)25-11-14-27-12-9-17(10-13-27)16-24-26-23/h1-8,17,25H,9-14,16H2. The third kappa shape index (κ3) is 5.59. The summed E-state index contributed by atoms with van der Waals surface area (Å²) in [6.45, 7) is 3.26. The summed E-state index contributed by atoms with van der Waals surface area (Å²) in [6.07, 6.45) is 1.91. The van der Waals surface area contributed by atoms with Gasteiger partial charge in [-0.05, 0) is 66.7 Å². The van der Waals surface area contributed by atoms with Crippen LogP contribution in [0, 0.1) is 17.2 Å². The lowest BCUT2D eigenvalue weighted by Crippen LogP contribution is -2.40. The highest BCUT2D eigenvalue weighted by atomic mass is 32.2. The summed E-state index contributed by atoms with van der Waals surface area (Å²) in [5.74, 6) is 0.415. The average Bonchev–Trinajstić information content (AvgIpc) is 2.78. The lowest BCUT2D eigenvalue weighted by atomic mass is 9.97. The molecule has 0 amide bonds. The Labute approximate surface area is 176 Å². The van der Waals surface area contributed by atoms with Crippen LogP contribution in [0.25, 0.3) is 21.6 Å². The van der Waals surface area contributed by atoms with Crippen LogP contribution in [-0.2, 0) is 10.0 Å². The molecule has 0 aliphatic carbocycles. The van der Waals surface area contributed by atoms with Crippen LogP contribution in [0.15, 0.2) is 58.5 Å². The van der Waals surface area contributed by atoms with Crippen LogP contribution in [0.3, 0.4) is 0 Å². The van der Waals surface area contributed by atoms with Gasteiger partial charge in [0.1, 0.15) is 0 Å². The van der Waals surface area contributed by atoms with Gasteiger partial charge in [-0.3, -0.25) is 0 Å². The van der Waals surface area contributed by atoms with E-state index in [0.717, 1.165) is 37.1 Å². The zero-order chi connectivity index (χ0) is 21.4. The van der Waals surface area contributed by atoms with E-state index < -0.39 is 10.0 Å². The van der Waals surface area contributed by atoms with Crippen LogP contribution in [-0.4, -0.2) is 46.0 Å². The molecule has 0 unspecified atom stereocenters. The Morgan fingerprint density at radius 3 is 2.53 bits per heavy atom. The molecule has 1 saturated heterocycles. The number of likely N-dealkylation sites (tertiary alicyclic amines) is 1. The average molecular weight is 425 g/mol. The van der Waals surface area contributed by atoms with Crippen molar-refractivity contribution in [1.29, 1.82) is 5.26 Å². The molecule has 0 atom stereocenters. The molecule has 0 bridgehead atoms. The van der Waals surface area contributed by atoms with E-state index in [1.54, 1.807) is 36.4 Å². The van der Waals surface area contributed by atoms with Crippen molar-refractivity contribution in [3.05, 3.63) is 64.5 Å². The molecule has 156 valence electrons. The molecule has 3 rings (SSSR count). The normalized spacial score (nSPS) is 15.3. The van der Waals surface area contributed by atoms with Crippen LogP contribution >= 0.6 is 0 Å². The van der Waals surface area contributed by atoms with Gasteiger partial charge in [-0.25, -0.2) is 13.1 Å². The molecule has 1 fully saturated rings. The zero-order valence-electron chi connectivity index (χ0n) is 16.6. The third-order valence-electron chi connectivity index (χ3n) is 5.35. The monoisotopic (exact) mass is 424 g/mol. The predicted molar refractivity (Wildman–Crippen MR) is 115 cm³/mol. The molecular formula is C21H24N6O2S. The summed E-state index contributed by atoms with van der Waals surface area (Å²) in [5.41, 5.74) is 10.5. The van der Waals surface area contributed by atoms with Crippen molar-refractivity contribution in [3.8, 4) is 17.2 Å². The maximum absolute atomic E-state index is 12.6. The van der Waals surface area contributed by atoms with E-state index in [1.165, 1.54) is 0 Å². The Morgan fingerprint density at radius 1 is 1.17 bits per heavy atom. The third-order valence-corrected chi connectivity index (χ3v) is 6.83. The first-order valence-corrected chi connectivity index (χ1v) is 11.3. The van der Waals surface area contributed by atoms with E-state index in [9.17, 15) is 13.7 Å². The lowest BCUT2D eigenvalue weighted by molar-refractivity contribution is 0.190.